The highest BCUT2D eigenvalue weighted by molar-refractivity contribution is 9.10. The summed E-state index contributed by atoms with van der Waals surface area (Å²) in [4.78, 5) is 7.82. The monoisotopic (exact) mass is 259 g/mol. The van der Waals surface area contributed by atoms with Crippen molar-refractivity contribution in [3.8, 4) is 5.88 Å². The van der Waals surface area contributed by atoms with Crippen molar-refractivity contribution in [2.45, 2.75) is 25.8 Å². The molecule has 0 saturated heterocycles. The molecule has 0 saturated carbocycles. The van der Waals surface area contributed by atoms with Crippen molar-refractivity contribution < 1.29 is 4.74 Å². The minimum atomic E-state index is -0.315. The van der Waals surface area contributed by atoms with Crippen LogP contribution in [0.1, 0.15) is 20.3 Å². The molecule has 0 spiro atoms. The molecule has 1 aromatic heterocycles. The molecule has 1 unspecified atom stereocenters. The molecule has 0 aliphatic carbocycles. The van der Waals surface area contributed by atoms with Crippen molar-refractivity contribution in [2.75, 3.05) is 6.61 Å². The highest BCUT2D eigenvalue weighted by atomic mass is 79.9. The van der Waals surface area contributed by atoms with E-state index in [1.54, 1.807) is 6.20 Å². The van der Waals surface area contributed by atoms with Crippen LogP contribution in [0.25, 0.3) is 0 Å². The van der Waals surface area contributed by atoms with Gasteiger partial charge in [0.25, 0.3) is 0 Å². The van der Waals surface area contributed by atoms with Gasteiger partial charge in [0, 0.05) is 11.7 Å². The molecule has 0 amide bonds. The lowest BCUT2D eigenvalue weighted by atomic mass is 10.0. The normalized spacial score (nSPS) is 14.9. The molecule has 0 aromatic carbocycles. The molecule has 1 atom stereocenters. The first-order valence-electron chi connectivity index (χ1n) is 4.42. The number of hydrogen-bond acceptors (Lipinski definition) is 4. The standard InChI is InChI=1S/C9H14BrN3O/c1-3-9(2,11)5-14-8-7(10)4-12-6-13-8/h4,6H,3,5,11H2,1-2H3. The van der Waals surface area contributed by atoms with Gasteiger partial charge < -0.3 is 10.5 Å². The van der Waals surface area contributed by atoms with E-state index in [0.717, 1.165) is 10.9 Å². The number of hydrogen-bond donors (Lipinski definition) is 1. The zero-order valence-corrected chi connectivity index (χ0v) is 9.91. The lowest BCUT2D eigenvalue weighted by Crippen LogP contribution is -2.41. The van der Waals surface area contributed by atoms with Crippen molar-refractivity contribution >= 4 is 15.9 Å². The summed E-state index contributed by atoms with van der Waals surface area (Å²) in [6, 6.07) is 0. The Morgan fingerprint density at radius 2 is 2.36 bits per heavy atom. The first-order chi connectivity index (χ1) is 6.55. The van der Waals surface area contributed by atoms with Crippen molar-refractivity contribution in [3.05, 3.63) is 17.0 Å². The Morgan fingerprint density at radius 3 is 2.93 bits per heavy atom. The van der Waals surface area contributed by atoms with E-state index >= 15 is 0 Å². The van der Waals surface area contributed by atoms with Crippen LogP contribution in [-0.4, -0.2) is 22.1 Å². The Balaban J connectivity index is 2.58. The van der Waals surface area contributed by atoms with Gasteiger partial charge in [0.2, 0.25) is 5.88 Å². The Bertz CT molecular complexity index is 304. The number of nitrogens with zero attached hydrogens (tertiary/aromatic N) is 2. The predicted molar refractivity (Wildman–Crippen MR) is 58.1 cm³/mol. The maximum atomic E-state index is 5.93. The minimum Gasteiger partial charge on any atom is -0.475 e. The van der Waals surface area contributed by atoms with Crippen LogP contribution in [0.2, 0.25) is 0 Å². The summed E-state index contributed by atoms with van der Waals surface area (Å²) in [6.45, 7) is 4.42. The van der Waals surface area contributed by atoms with E-state index < -0.39 is 0 Å². The van der Waals surface area contributed by atoms with Crippen LogP contribution in [0.15, 0.2) is 17.0 Å². The van der Waals surface area contributed by atoms with Gasteiger partial charge in [-0.1, -0.05) is 6.92 Å². The lowest BCUT2D eigenvalue weighted by molar-refractivity contribution is 0.217. The highest BCUT2D eigenvalue weighted by Crippen LogP contribution is 2.20. The largest absolute Gasteiger partial charge is 0.475 e. The topological polar surface area (TPSA) is 61.0 Å². The molecule has 1 aromatic rings. The van der Waals surface area contributed by atoms with Gasteiger partial charge in [0.1, 0.15) is 12.9 Å². The van der Waals surface area contributed by atoms with Gasteiger partial charge in [-0.05, 0) is 29.3 Å². The molecule has 2 N–H and O–H groups in total. The summed E-state index contributed by atoms with van der Waals surface area (Å²) in [5.74, 6) is 0.533. The van der Waals surface area contributed by atoms with Crippen LogP contribution in [0.5, 0.6) is 5.88 Å². The summed E-state index contributed by atoms with van der Waals surface area (Å²) in [5, 5.41) is 0. The van der Waals surface area contributed by atoms with Gasteiger partial charge in [-0.25, -0.2) is 9.97 Å². The zero-order valence-electron chi connectivity index (χ0n) is 8.33. The maximum absolute atomic E-state index is 5.93. The van der Waals surface area contributed by atoms with Crippen LogP contribution in [0, 0.1) is 0 Å². The molecule has 0 aliphatic heterocycles. The third-order valence-electron chi connectivity index (χ3n) is 1.98. The van der Waals surface area contributed by atoms with Crippen LogP contribution in [0.4, 0.5) is 0 Å². The van der Waals surface area contributed by atoms with Gasteiger partial charge >= 0.3 is 0 Å². The molecule has 4 nitrogen and oxygen atoms in total. The average molecular weight is 260 g/mol. The molecule has 1 rings (SSSR count). The summed E-state index contributed by atoms with van der Waals surface area (Å²) in [5.41, 5.74) is 5.62. The van der Waals surface area contributed by atoms with Gasteiger partial charge in [-0.3, -0.25) is 0 Å². The molecule has 0 bridgehead atoms. The number of ether oxygens (including phenoxy) is 1. The van der Waals surface area contributed by atoms with Crippen LogP contribution < -0.4 is 10.5 Å². The fraction of sp³-hybridized carbons (Fsp3) is 0.556. The molecule has 0 aliphatic rings. The van der Waals surface area contributed by atoms with E-state index in [-0.39, 0.29) is 5.54 Å². The third kappa shape index (κ3) is 3.23. The molecular weight excluding hydrogens is 246 g/mol. The fourth-order valence-electron chi connectivity index (χ4n) is 0.743. The van der Waals surface area contributed by atoms with E-state index in [9.17, 15) is 0 Å². The Labute approximate surface area is 92.0 Å². The van der Waals surface area contributed by atoms with E-state index in [2.05, 4.69) is 25.9 Å². The maximum Gasteiger partial charge on any atom is 0.231 e. The molecule has 5 heteroatoms. The summed E-state index contributed by atoms with van der Waals surface area (Å²) < 4.78 is 6.21. The summed E-state index contributed by atoms with van der Waals surface area (Å²) in [6.07, 6.45) is 3.94. The van der Waals surface area contributed by atoms with E-state index in [1.165, 1.54) is 6.33 Å². The Morgan fingerprint density at radius 1 is 1.64 bits per heavy atom. The minimum absolute atomic E-state index is 0.315. The molecular formula is C9H14BrN3O. The number of rotatable bonds is 4. The van der Waals surface area contributed by atoms with Gasteiger partial charge in [-0.15, -0.1) is 0 Å². The number of halogens is 1. The predicted octanol–water partition coefficient (Wildman–Crippen LogP) is 1.75. The number of aromatic nitrogens is 2. The summed E-state index contributed by atoms with van der Waals surface area (Å²) in [7, 11) is 0. The SMILES string of the molecule is CCC(C)(N)COc1ncncc1Br. The second-order valence-corrected chi connectivity index (χ2v) is 4.33. The zero-order chi connectivity index (χ0) is 10.6. The average Bonchev–Trinajstić information content (AvgIpc) is 2.17. The highest BCUT2D eigenvalue weighted by Gasteiger charge is 2.17. The number of nitrogens with two attached hydrogens (primary N) is 1. The molecule has 14 heavy (non-hydrogen) atoms. The molecule has 0 radical (unpaired) electrons. The van der Waals surface area contributed by atoms with Crippen molar-refractivity contribution in [1.29, 1.82) is 0 Å². The first-order valence-corrected chi connectivity index (χ1v) is 5.21. The lowest BCUT2D eigenvalue weighted by Gasteiger charge is -2.22. The Kier molecular flexibility index (Phi) is 3.83. The molecule has 78 valence electrons. The Hall–Kier alpha value is -0.680. The van der Waals surface area contributed by atoms with Crippen LogP contribution in [0.3, 0.4) is 0 Å². The fourth-order valence-corrected chi connectivity index (χ4v) is 1.08. The molecule has 0 fully saturated rings. The van der Waals surface area contributed by atoms with Gasteiger partial charge in [-0.2, -0.15) is 0 Å². The second-order valence-electron chi connectivity index (χ2n) is 3.47. The van der Waals surface area contributed by atoms with E-state index in [1.807, 2.05) is 13.8 Å². The van der Waals surface area contributed by atoms with Gasteiger partial charge in [0.15, 0.2) is 0 Å². The van der Waals surface area contributed by atoms with E-state index in [4.69, 9.17) is 10.5 Å². The third-order valence-corrected chi connectivity index (χ3v) is 2.52. The first kappa shape index (κ1) is 11.4. The quantitative estimate of drug-likeness (QED) is 0.895. The van der Waals surface area contributed by atoms with Crippen molar-refractivity contribution in [2.24, 2.45) is 5.73 Å². The van der Waals surface area contributed by atoms with Crippen LogP contribution >= 0.6 is 15.9 Å². The smallest absolute Gasteiger partial charge is 0.231 e. The van der Waals surface area contributed by atoms with Crippen LogP contribution in [-0.2, 0) is 0 Å². The van der Waals surface area contributed by atoms with E-state index in [0.29, 0.717) is 12.5 Å². The molecule has 1 heterocycles. The summed E-state index contributed by atoms with van der Waals surface area (Å²) >= 11 is 3.30. The van der Waals surface area contributed by atoms with Crippen molar-refractivity contribution in [1.82, 2.24) is 9.97 Å². The van der Waals surface area contributed by atoms with Gasteiger partial charge in [0.05, 0.1) is 4.47 Å². The second kappa shape index (κ2) is 4.70. The van der Waals surface area contributed by atoms with Crippen molar-refractivity contribution in [3.63, 3.8) is 0 Å².